The summed E-state index contributed by atoms with van der Waals surface area (Å²) in [6.45, 7) is 2.12. The molecule has 0 aliphatic rings. The maximum absolute atomic E-state index is 11.9. The number of nitrogens with two attached hydrogens (primary N) is 1. The highest BCUT2D eigenvalue weighted by molar-refractivity contribution is 7.20. The number of ether oxygens (including phenoxy) is 1. The van der Waals surface area contributed by atoms with Crippen molar-refractivity contribution in [1.82, 2.24) is 9.97 Å². The Morgan fingerprint density at radius 2 is 2.05 bits per heavy atom. The van der Waals surface area contributed by atoms with E-state index in [1.165, 1.54) is 11.3 Å². The summed E-state index contributed by atoms with van der Waals surface area (Å²) in [7, 11) is 0. The second-order valence-corrected chi connectivity index (χ2v) is 5.38. The van der Waals surface area contributed by atoms with Gasteiger partial charge in [0.15, 0.2) is 0 Å². The van der Waals surface area contributed by atoms with E-state index in [-0.39, 0.29) is 11.9 Å². The molecular formula is C15H13N3O2S. The highest BCUT2D eigenvalue weighted by atomic mass is 32.1. The number of nitrogens with zero attached hydrogens (tertiary/aromatic N) is 2. The van der Waals surface area contributed by atoms with E-state index in [9.17, 15) is 4.79 Å². The largest absolute Gasteiger partial charge is 0.462 e. The number of aromatic nitrogens is 2. The smallest absolute Gasteiger partial charge is 0.348 e. The number of hydrogen-bond acceptors (Lipinski definition) is 6. The number of carbonyl (C=O) groups excluding carboxylic acids is 1. The molecule has 0 aliphatic carbocycles. The number of nitrogen functional groups attached to an aromatic ring is 1. The van der Waals surface area contributed by atoms with Gasteiger partial charge in [-0.3, -0.25) is 0 Å². The van der Waals surface area contributed by atoms with Gasteiger partial charge in [0.1, 0.15) is 9.71 Å². The average Bonchev–Trinajstić information content (AvgIpc) is 2.91. The van der Waals surface area contributed by atoms with Gasteiger partial charge in [-0.1, -0.05) is 30.3 Å². The molecule has 0 bridgehead atoms. The molecule has 0 unspecified atom stereocenters. The van der Waals surface area contributed by atoms with E-state index in [0.29, 0.717) is 16.3 Å². The molecule has 2 aromatic heterocycles. The second kappa shape index (κ2) is 5.49. The van der Waals surface area contributed by atoms with Gasteiger partial charge in [-0.25, -0.2) is 14.8 Å². The van der Waals surface area contributed by atoms with Gasteiger partial charge in [-0.15, -0.1) is 11.3 Å². The van der Waals surface area contributed by atoms with Crippen molar-refractivity contribution in [1.29, 1.82) is 0 Å². The predicted octanol–water partition coefficient (Wildman–Crippen LogP) is 3.12. The lowest BCUT2D eigenvalue weighted by atomic mass is 10.1. The third kappa shape index (κ3) is 2.57. The molecule has 3 rings (SSSR count). The van der Waals surface area contributed by atoms with Crippen LogP contribution in [0.5, 0.6) is 0 Å². The molecule has 0 aliphatic heterocycles. The fourth-order valence-corrected chi connectivity index (χ4v) is 2.99. The summed E-state index contributed by atoms with van der Waals surface area (Å²) >= 11 is 1.26. The third-order valence-corrected chi connectivity index (χ3v) is 3.94. The number of hydrogen-bond donors (Lipinski definition) is 1. The topological polar surface area (TPSA) is 78.1 Å². The Kier molecular flexibility index (Phi) is 3.53. The summed E-state index contributed by atoms with van der Waals surface area (Å²) in [6, 6.07) is 11.4. The number of esters is 1. The maximum Gasteiger partial charge on any atom is 0.348 e. The molecule has 0 saturated carbocycles. The van der Waals surface area contributed by atoms with Gasteiger partial charge in [0.05, 0.1) is 12.3 Å². The van der Waals surface area contributed by atoms with Crippen LogP contribution < -0.4 is 5.73 Å². The van der Waals surface area contributed by atoms with E-state index in [1.54, 1.807) is 13.0 Å². The molecule has 2 heterocycles. The van der Waals surface area contributed by atoms with Crippen molar-refractivity contribution < 1.29 is 9.53 Å². The predicted molar refractivity (Wildman–Crippen MR) is 83.2 cm³/mol. The summed E-state index contributed by atoms with van der Waals surface area (Å²) in [4.78, 5) is 21.6. The molecular weight excluding hydrogens is 286 g/mol. The number of thiophene rings is 1. The van der Waals surface area contributed by atoms with Gasteiger partial charge in [0.25, 0.3) is 0 Å². The quantitative estimate of drug-likeness (QED) is 0.752. The lowest BCUT2D eigenvalue weighted by Gasteiger charge is -2.03. The van der Waals surface area contributed by atoms with Crippen LogP contribution in [0.1, 0.15) is 16.6 Å². The minimum absolute atomic E-state index is 0.193. The van der Waals surface area contributed by atoms with Crippen LogP contribution in [0.15, 0.2) is 36.4 Å². The molecule has 0 amide bonds. The molecule has 2 N–H and O–H groups in total. The molecule has 0 atom stereocenters. The van der Waals surface area contributed by atoms with Gasteiger partial charge in [-0.05, 0) is 13.0 Å². The normalized spacial score (nSPS) is 10.7. The van der Waals surface area contributed by atoms with Crippen molar-refractivity contribution in [2.75, 3.05) is 12.3 Å². The molecule has 1 aromatic carbocycles. The lowest BCUT2D eigenvalue weighted by Crippen LogP contribution is -2.01. The standard InChI is InChI=1S/C15H13N3O2S/c1-2-20-14(19)11-8-10-12(9-6-4-3-5-7-9)17-15(16)18-13(10)21-11/h3-8H,2H2,1H3,(H2,16,17,18). The number of carbonyl (C=O) groups is 1. The van der Waals surface area contributed by atoms with Crippen LogP contribution in [0.3, 0.4) is 0 Å². The van der Waals surface area contributed by atoms with E-state index < -0.39 is 0 Å². The minimum Gasteiger partial charge on any atom is -0.462 e. The van der Waals surface area contributed by atoms with E-state index in [0.717, 1.165) is 16.6 Å². The summed E-state index contributed by atoms with van der Waals surface area (Å²) in [5.41, 5.74) is 7.44. The molecule has 0 saturated heterocycles. The zero-order chi connectivity index (χ0) is 14.8. The summed E-state index contributed by atoms with van der Waals surface area (Å²) in [5.74, 6) is -0.156. The Balaban J connectivity index is 2.18. The number of anilines is 1. The van der Waals surface area contributed by atoms with Crippen LogP contribution in [0.2, 0.25) is 0 Å². The van der Waals surface area contributed by atoms with Gasteiger partial charge in [0.2, 0.25) is 5.95 Å². The van der Waals surface area contributed by atoms with E-state index in [4.69, 9.17) is 10.5 Å². The Bertz CT molecular complexity index is 799. The van der Waals surface area contributed by atoms with Gasteiger partial charge in [-0.2, -0.15) is 0 Å². The van der Waals surface area contributed by atoms with Crippen LogP contribution in [-0.2, 0) is 4.74 Å². The summed E-state index contributed by atoms with van der Waals surface area (Å²) in [6.07, 6.45) is 0. The average molecular weight is 299 g/mol. The highest BCUT2D eigenvalue weighted by Gasteiger charge is 2.16. The minimum atomic E-state index is -0.349. The van der Waals surface area contributed by atoms with Crippen LogP contribution >= 0.6 is 11.3 Å². The first-order valence-electron chi connectivity index (χ1n) is 6.48. The van der Waals surface area contributed by atoms with Crippen LogP contribution in [-0.4, -0.2) is 22.5 Å². The fraction of sp³-hybridized carbons (Fsp3) is 0.133. The van der Waals surface area contributed by atoms with Crippen LogP contribution in [0, 0.1) is 0 Å². The first kappa shape index (κ1) is 13.5. The second-order valence-electron chi connectivity index (χ2n) is 4.35. The number of rotatable bonds is 3. The van der Waals surface area contributed by atoms with E-state index in [2.05, 4.69) is 9.97 Å². The molecule has 5 nitrogen and oxygen atoms in total. The SMILES string of the molecule is CCOC(=O)c1cc2c(-c3ccccc3)nc(N)nc2s1. The van der Waals surface area contributed by atoms with Crippen molar-refractivity contribution in [3.63, 3.8) is 0 Å². The van der Waals surface area contributed by atoms with Crippen molar-refractivity contribution in [3.05, 3.63) is 41.3 Å². The number of benzene rings is 1. The maximum atomic E-state index is 11.9. The summed E-state index contributed by atoms with van der Waals surface area (Å²) in [5, 5.41) is 0.809. The Hall–Kier alpha value is -2.47. The lowest BCUT2D eigenvalue weighted by molar-refractivity contribution is 0.0532. The Morgan fingerprint density at radius 1 is 1.29 bits per heavy atom. The Labute approximate surface area is 125 Å². The zero-order valence-electron chi connectivity index (χ0n) is 11.4. The van der Waals surface area contributed by atoms with Gasteiger partial charge in [0, 0.05) is 10.9 Å². The van der Waals surface area contributed by atoms with Crippen molar-refractivity contribution in [2.45, 2.75) is 6.92 Å². The highest BCUT2D eigenvalue weighted by Crippen LogP contribution is 2.32. The Morgan fingerprint density at radius 3 is 2.76 bits per heavy atom. The van der Waals surface area contributed by atoms with Crippen LogP contribution in [0.25, 0.3) is 21.5 Å². The molecule has 21 heavy (non-hydrogen) atoms. The van der Waals surface area contributed by atoms with Crippen molar-refractivity contribution >= 4 is 33.5 Å². The van der Waals surface area contributed by atoms with Gasteiger partial charge < -0.3 is 10.5 Å². The molecule has 0 fully saturated rings. The molecule has 6 heteroatoms. The zero-order valence-corrected chi connectivity index (χ0v) is 12.2. The fourth-order valence-electron chi connectivity index (χ4n) is 2.06. The van der Waals surface area contributed by atoms with E-state index >= 15 is 0 Å². The van der Waals surface area contributed by atoms with Crippen molar-refractivity contribution in [3.8, 4) is 11.3 Å². The molecule has 0 radical (unpaired) electrons. The molecule has 106 valence electrons. The molecule has 0 spiro atoms. The summed E-state index contributed by atoms with van der Waals surface area (Å²) < 4.78 is 5.03. The first-order valence-corrected chi connectivity index (χ1v) is 7.30. The first-order chi connectivity index (χ1) is 10.2. The monoisotopic (exact) mass is 299 g/mol. The molecule has 3 aromatic rings. The third-order valence-electron chi connectivity index (χ3n) is 2.93. The van der Waals surface area contributed by atoms with Crippen molar-refractivity contribution in [2.24, 2.45) is 0 Å². The van der Waals surface area contributed by atoms with E-state index in [1.807, 2.05) is 30.3 Å². The van der Waals surface area contributed by atoms with Gasteiger partial charge >= 0.3 is 5.97 Å². The number of fused-ring (bicyclic) bond motifs is 1. The van der Waals surface area contributed by atoms with Crippen LogP contribution in [0.4, 0.5) is 5.95 Å².